The number of benzene rings is 2. The second-order valence-electron chi connectivity index (χ2n) is 6.58. The number of nitrogens with zero attached hydrogens (tertiary/aromatic N) is 5. The zero-order chi connectivity index (χ0) is 18.6. The third-order valence-corrected chi connectivity index (χ3v) is 5.04. The third-order valence-electron chi connectivity index (χ3n) is 5.04. The maximum atomic E-state index is 5.61. The molecule has 1 saturated heterocycles. The quantitative estimate of drug-likeness (QED) is 0.669. The van der Waals surface area contributed by atoms with Crippen molar-refractivity contribution < 1.29 is 9.47 Å². The number of hydrogen-bond donors (Lipinski definition) is 0. The Kier molecular flexibility index (Phi) is 5.02. The van der Waals surface area contributed by atoms with Crippen LogP contribution in [-0.4, -0.2) is 45.9 Å². The van der Waals surface area contributed by atoms with E-state index in [0.717, 1.165) is 48.0 Å². The summed E-state index contributed by atoms with van der Waals surface area (Å²) in [5.41, 5.74) is 2.11. The molecule has 1 aromatic heterocycles. The van der Waals surface area contributed by atoms with Gasteiger partial charge in [-0.1, -0.05) is 18.2 Å². The lowest BCUT2D eigenvalue weighted by molar-refractivity contribution is 0.234. The van der Waals surface area contributed by atoms with E-state index >= 15 is 0 Å². The van der Waals surface area contributed by atoms with E-state index in [1.165, 1.54) is 0 Å². The van der Waals surface area contributed by atoms with E-state index in [-0.39, 0.29) is 6.04 Å². The molecule has 3 aromatic rings. The molecule has 0 radical (unpaired) electrons. The molecule has 140 valence electrons. The van der Waals surface area contributed by atoms with E-state index < -0.39 is 0 Å². The minimum atomic E-state index is 0.246. The van der Waals surface area contributed by atoms with Gasteiger partial charge in [-0.15, -0.1) is 5.10 Å². The van der Waals surface area contributed by atoms with Gasteiger partial charge in [-0.2, -0.15) is 4.68 Å². The van der Waals surface area contributed by atoms with Crippen LogP contribution in [0.3, 0.4) is 0 Å². The highest BCUT2D eigenvalue weighted by atomic mass is 16.5. The molecule has 0 unspecified atom stereocenters. The van der Waals surface area contributed by atoms with Crippen molar-refractivity contribution in [2.75, 3.05) is 20.8 Å². The summed E-state index contributed by atoms with van der Waals surface area (Å²) in [6.07, 6.45) is 2.19. The van der Waals surface area contributed by atoms with Crippen molar-refractivity contribution in [3.63, 3.8) is 0 Å². The van der Waals surface area contributed by atoms with E-state index in [2.05, 4.69) is 26.5 Å². The molecule has 0 amide bonds. The van der Waals surface area contributed by atoms with Crippen molar-refractivity contribution in [2.45, 2.75) is 25.4 Å². The molecule has 0 aliphatic carbocycles. The predicted octanol–water partition coefficient (Wildman–Crippen LogP) is 3.02. The Balaban J connectivity index is 1.62. The first-order chi connectivity index (χ1) is 13.3. The van der Waals surface area contributed by atoms with Crippen LogP contribution in [0.4, 0.5) is 0 Å². The number of rotatable bonds is 6. The molecular weight excluding hydrogens is 342 g/mol. The highest BCUT2D eigenvalue weighted by Gasteiger charge is 2.30. The van der Waals surface area contributed by atoms with Crippen LogP contribution in [0.5, 0.6) is 11.5 Å². The van der Waals surface area contributed by atoms with Gasteiger partial charge in [0.15, 0.2) is 5.82 Å². The van der Waals surface area contributed by atoms with Crippen LogP contribution in [0.25, 0.3) is 5.69 Å². The Morgan fingerprint density at radius 2 is 1.93 bits per heavy atom. The lowest BCUT2D eigenvalue weighted by Crippen LogP contribution is -2.25. The summed E-state index contributed by atoms with van der Waals surface area (Å²) in [6.45, 7) is 1.67. The average molecular weight is 365 g/mol. The Bertz CT molecular complexity index is 896. The molecule has 0 saturated carbocycles. The lowest BCUT2D eigenvalue weighted by Gasteiger charge is -2.26. The van der Waals surface area contributed by atoms with Crippen LogP contribution in [0.1, 0.15) is 30.3 Å². The molecule has 0 spiro atoms. The maximum Gasteiger partial charge on any atom is 0.170 e. The normalized spacial score (nSPS) is 17.2. The predicted molar refractivity (Wildman–Crippen MR) is 101 cm³/mol. The van der Waals surface area contributed by atoms with Gasteiger partial charge >= 0.3 is 0 Å². The molecule has 0 N–H and O–H groups in total. The van der Waals surface area contributed by atoms with Crippen LogP contribution in [0.15, 0.2) is 48.5 Å². The zero-order valence-corrected chi connectivity index (χ0v) is 15.6. The SMILES string of the molecule is COc1ccc(OC)c([C@@H]2CCCN2Cc2nnnn2-c2ccccc2)c1. The second kappa shape index (κ2) is 7.75. The molecule has 1 aliphatic rings. The summed E-state index contributed by atoms with van der Waals surface area (Å²) < 4.78 is 12.8. The second-order valence-corrected chi connectivity index (χ2v) is 6.58. The number of hydrogen-bond acceptors (Lipinski definition) is 6. The fraction of sp³-hybridized carbons (Fsp3) is 0.350. The van der Waals surface area contributed by atoms with E-state index in [1.807, 2.05) is 42.5 Å². The number of tetrazole rings is 1. The van der Waals surface area contributed by atoms with Gasteiger partial charge in [0.25, 0.3) is 0 Å². The lowest BCUT2D eigenvalue weighted by atomic mass is 10.0. The molecule has 7 heteroatoms. The molecule has 2 aromatic carbocycles. The van der Waals surface area contributed by atoms with Gasteiger partial charge in [-0.25, -0.2) is 0 Å². The molecule has 1 aliphatic heterocycles. The molecule has 1 fully saturated rings. The van der Waals surface area contributed by atoms with Crippen molar-refractivity contribution in [3.8, 4) is 17.2 Å². The Morgan fingerprint density at radius 3 is 2.70 bits per heavy atom. The number of ether oxygens (including phenoxy) is 2. The molecule has 27 heavy (non-hydrogen) atoms. The molecule has 0 bridgehead atoms. The Morgan fingerprint density at radius 1 is 1.07 bits per heavy atom. The van der Waals surface area contributed by atoms with Gasteiger partial charge in [0.2, 0.25) is 0 Å². The first-order valence-electron chi connectivity index (χ1n) is 9.09. The minimum absolute atomic E-state index is 0.246. The third kappa shape index (κ3) is 3.50. The zero-order valence-electron chi connectivity index (χ0n) is 15.6. The Hall–Kier alpha value is -2.93. The summed E-state index contributed by atoms with van der Waals surface area (Å²) in [6, 6.07) is 16.2. The van der Waals surface area contributed by atoms with Crippen molar-refractivity contribution in [2.24, 2.45) is 0 Å². The first kappa shape index (κ1) is 17.5. The highest BCUT2D eigenvalue weighted by Crippen LogP contribution is 2.39. The molecular formula is C20H23N5O2. The summed E-state index contributed by atoms with van der Waals surface area (Å²) in [4.78, 5) is 2.41. The molecule has 1 atom stereocenters. The summed E-state index contributed by atoms with van der Waals surface area (Å²) >= 11 is 0. The van der Waals surface area contributed by atoms with Gasteiger partial charge in [-0.05, 0) is 60.1 Å². The van der Waals surface area contributed by atoms with E-state index in [1.54, 1.807) is 18.9 Å². The van der Waals surface area contributed by atoms with Crippen LogP contribution in [-0.2, 0) is 6.54 Å². The van der Waals surface area contributed by atoms with Crippen molar-refractivity contribution in [3.05, 3.63) is 59.9 Å². The van der Waals surface area contributed by atoms with Gasteiger partial charge < -0.3 is 9.47 Å². The molecule has 4 rings (SSSR count). The van der Waals surface area contributed by atoms with Crippen molar-refractivity contribution in [1.29, 1.82) is 0 Å². The smallest absolute Gasteiger partial charge is 0.170 e. The van der Waals surface area contributed by atoms with Gasteiger partial charge in [0, 0.05) is 11.6 Å². The van der Waals surface area contributed by atoms with E-state index in [0.29, 0.717) is 6.54 Å². The summed E-state index contributed by atoms with van der Waals surface area (Å²) in [5, 5.41) is 12.3. The maximum absolute atomic E-state index is 5.61. The summed E-state index contributed by atoms with van der Waals surface area (Å²) in [5.74, 6) is 2.55. The van der Waals surface area contributed by atoms with E-state index in [4.69, 9.17) is 9.47 Å². The topological polar surface area (TPSA) is 65.3 Å². The highest BCUT2D eigenvalue weighted by molar-refractivity contribution is 5.42. The van der Waals surface area contributed by atoms with Gasteiger partial charge in [-0.3, -0.25) is 4.90 Å². The van der Waals surface area contributed by atoms with Gasteiger partial charge in [0.05, 0.1) is 26.5 Å². The van der Waals surface area contributed by atoms with Crippen LogP contribution < -0.4 is 9.47 Å². The van der Waals surface area contributed by atoms with E-state index in [9.17, 15) is 0 Å². The summed E-state index contributed by atoms with van der Waals surface area (Å²) in [7, 11) is 3.40. The van der Waals surface area contributed by atoms with Crippen LogP contribution in [0.2, 0.25) is 0 Å². The van der Waals surface area contributed by atoms with Crippen molar-refractivity contribution in [1.82, 2.24) is 25.1 Å². The average Bonchev–Trinajstić information content (AvgIpc) is 3.38. The minimum Gasteiger partial charge on any atom is -0.497 e. The molecule has 2 heterocycles. The number of aromatic nitrogens is 4. The van der Waals surface area contributed by atoms with Crippen LogP contribution in [0, 0.1) is 0 Å². The number of para-hydroxylation sites is 1. The van der Waals surface area contributed by atoms with Crippen molar-refractivity contribution >= 4 is 0 Å². The fourth-order valence-electron chi connectivity index (χ4n) is 3.72. The first-order valence-corrected chi connectivity index (χ1v) is 9.09. The van der Waals surface area contributed by atoms with Crippen LogP contribution >= 0.6 is 0 Å². The van der Waals surface area contributed by atoms with Gasteiger partial charge in [0.1, 0.15) is 11.5 Å². The fourth-order valence-corrected chi connectivity index (χ4v) is 3.72. The monoisotopic (exact) mass is 365 g/mol. The largest absolute Gasteiger partial charge is 0.497 e. The molecule has 7 nitrogen and oxygen atoms in total. The number of methoxy groups -OCH3 is 2. The number of likely N-dealkylation sites (tertiary alicyclic amines) is 1. The standard InChI is InChI=1S/C20H23N5O2/c1-26-16-10-11-19(27-2)17(13-16)18-9-6-12-24(18)14-20-21-22-23-25(20)15-7-4-3-5-8-15/h3-5,7-8,10-11,13,18H,6,9,12,14H2,1-2H3/t18-/m0/s1. The Labute approximate surface area is 158 Å².